The van der Waals surface area contributed by atoms with Crippen LogP contribution < -0.4 is 4.31 Å². The first-order chi connectivity index (χ1) is 11.7. The summed E-state index contributed by atoms with van der Waals surface area (Å²) in [7, 11) is -7.49. The summed E-state index contributed by atoms with van der Waals surface area (Å²) in [5.41, 5.74) is 0.361. The summed E-state index contributed by atoms with van der Waals surface area (Å²) < 4.78 is 51.1. The molecule has 1 heterocycles. The summed E-state index contributed by atoms with van der Waals surface area (Å²) in [5, 5.41) is 1.37. The fraction of sp³-hybridized carbons (Fsp3) is 0.125. The number of halogens is 2. The van der Waals surface area contributed by atoms with Crippen LogP contribution in [0.4, 0.5) is 5.69 Å². The third-order valence-electron chi connectivity index (χ3n) is 3.67. The number of sulfone groups is 1. The first-order valence-electron chi connectivity index (χ1n) is 7.16. The molecule has 25 heavy (non-hydrogen) atoms. The number of sulfonamides is 1. The minimum Gasteiger partial charge on any atom is -0.258 e. The topological polar surface area (TPSA) is 71.5 Å². The molecule has 0 saturated carbocycles. The van der Waals surface area contributed by atoms with Crippen LogP contribution in [0, 0.1) is 0 Å². The van der Waals surface area contributed by atoms with Crippen LogP contribution in [0.2, 0.25) is 10.0 Å². The van der Waals surface area contributed by atoms with Crippen molar-refractivity contribution in [1.82, 2.24) is 0 Å². The van der Waals surface area contributed by atoms with Gasteiger partial charge in [0, 0.05) is 5.41 Å². The largest absolute Gasteiger partial charge is 0.264 e. The highest BCUT2D eigenvalue weighted by Crippen LogP contribution is 2.32. The number of benzene rings is 2. The van der Waals surface area contributed by atoms with Crippen molar-refractivity contribution in [2.24, 2.45) is 0 Å². The Bertz CT molecular complexity index is 1040. The molecule has 2 aromatic rings. The Morgan fingerprint density at radius 3 is 2.24 bits per heavy atom. The summed E-state index contributed by atoms with van der Waals surface area (Å²) in [6, 6.07) is 11.5. The van der Waals surface area contributed by atoms with E-state index < -0.39 is 25.9 Å². The second kappa shape index (κ2) is 6.64. The molecule has 0 saturated heterocycles. The molecule has 0 aliphatic carbocycles. The lowest BCUT2D eigenvalue weighted by molar-refractivity contribution is 0.586. The van der Waals surface area contributed by atoms with E-state index in [0.717, 1.165) is 9.71 Å². The third-order valence-corrected chi connectivity index (χ3v) is 7.64. The molecule has 1 aliphatic heterocycles. The molecule has 2 aromatic carbocycles. The highest BCUT2D eigenvalue weighted by molar-refractivity contribution is 7.95. The third kappa shape index (κ3) is 3.69. The van der Waals surface area contributed by atoms with Crippen molar-refractivity contribution in [3.63, 3.8) is 0 Å². The summed E-state index contributed by atoms with van der Waals surface area (Å²) in [6.45, 7) is 0. The SMILES string of the molecule is O=S1(=O)C=C[C@H](N(c2ccccc2)S(=O)(=O)c2ccc(Cl)c(Cl)c2)C1. The van der Waals surface area contributed by atoms with Gasteiger partial charge in [-0.1, -0.05) is 41.4 Å². The zero-order valence-electron chi connectivity index (χ0n) is 12.7. The molecule has 0 N–H and O–H groups in total. The fourth-order valence-corrected chi connectivity index (χ4v) is 5.90. The van der Waals surface area contributed by atoms with E-state index in [1.54, 1.807) is 30.3 Å². The molecule has 0 spiro atoms. The van der Waals surface area contributed by atoms with E-state index in [2.05, 4.69) is 0 Å². The molecule has 1 aliphatic rings. The Balaban J connectivity index is 2.14. The first-order valence-corrected chi connectivity index (χ1v) is 11.1. The number of hydrogen-bond acceptors (Lipinski definition) is 4. The summed E-state index contributed by atoms with van der Waals surface area (Å²) in [4.78, 5) is -0.0662. The molecule has 0 unspecified atom stereocenters. The molecule has 0 bridgehead atoms. The molecule has 9 heteroatoms. The lowest BCUT2D eigenvalue weighted by atomic mass is 10.2. The van der Waals surface area contributed by atoms with E-state index in [9.17, 15) is 16.8 Å². The van der Waals surface area contributed by atoms with Crippen molar-refractivity contribution in [2.45, 2.75) is 10.9 Å². The summed E-state index contributed by atoms with van der Waals surface area (Å²) >= 11 is 11.8. The minimum atomic E-state index is -4.05. The van der Waals surface area contributed by atoms with Crippen LogP contribution in [0.1, 0.15) is 0 Å². The van der Waals surface area contributed by atoms with Gasteiger partial charge in [0.25, 0.3) is 10.0 Å². The van der Waals surface area contributed by atoms with Crippen molar-refractivity contribution in [1.29, 1.82) is 0 Å². The molecular formula is C16H13Cl2NO4S2. The van der Waals surface area contributed by atoms with Gasteiger partial charge in [0.05, 0.1) is 32.4 Å². The van der Waals surface area contributed by atoms with Gasteiger partial charge in [-0.25, -0.2) is 16.8 Å². The molecule has 0 aromatic heterocycles. The maximum atomic E-state index is 13.2. The van der Waals surface area contributed by atoms with E-state index in [0.29, 0.717) is 5.69 Å². The predicted octanol–water partition coefficient (Wildman–Crippen LogP) is 3.50. The van der Waals surface area contributed by atoms with Gasteiger partial charge in [0.2, 0.25) is 0 Å². The first kappa shape index (κ1) is 18.3. The zero-order valence-corrected chi connectivity index (χ0v) is 15.9. The Hall–Kier alpha value is -1.54. The van der Waals surface area contributed by atoms with Crippen LogP contribution in [0.5, 0.6) is 0 Å². The van der Waals surface area contributed by atoms with E-state index in [1.807, 2.05) is 0 Å². The predicted molar refractivity (Wildman–Crippen MR) is 99.3 cm³/mol. The lowest BCUT2D eigenvalue weighted by Gasteiger charge is -2.29. The smallest absolute Gasteiger partial charge is 0.258 e. The Kier molecular flexibility index (Phi) is 4.85. The maximum Gasteiger partial charge on any atom is 0.264 e. The van der Waals surface area contributed by atoms with Gasteiger partial charge in [-0.05, 0) is 36.4 Å². The van der Waals surface area contributed by atoms with Crippen molar-refractivity contribution in [3.8, 4) is 0 Å². The van der Waals surface area contributed by atoms with E-state index in [1.165, 1.54) is 24.3 Å². The molecule has 3 rings (SSSR count). The van der Waals surface area contributed by atoms with E-state index in [-0.39, 0.29) is 20.7 Å². The standard InChI is InChI=1S/C16H13Cl2NO4S2/c17-15-7-6-14(10-16(15)18)25(22,23)19(12-4-2-1-3-5-12)13-8-9-24(20,21)11-13/h1-10,13H,11H2/t13-/m0/s1. The van der Waals surface area contributed by atoms with E-state index in [4.69, 9.17) is 23.2 Å². The zero-order chi connectivity index (χ0) is 18.2. The lowest BCUT2D eigenvalue weighted by Crippen LogP contribution is -2.41. The van der Waals surface area contributed by atoms with Crippen LogP contribution in [0.3, 0.4) is 0 Å². The van der Waals surface area contributed by atoms with Gasteiger partial charge in [-0.2, -0.15) is 0 Å². The summed E-state index contributed by atoms with van der Waals surface area (Å²) in [6.07, 6.45) is 1.37. The molecule has 5 nitrogen and oxygen atoms in total. The van der Waals surface area contributed by atoms with Gasteiger partial charge >= 0.3 is 0 Å². The van der Waals surface area contributed by atoms with Crippen LogP contribution in [-0.2, 0) is 19.9 Å². The van der Waals surface area contributed by atoms with Gasteiger partial charge in [-0.3, -0.25) is 4.31 Å². The normalized spacial score (nSPS) is 19.0. The Morgan fingerprint density at radius 2 is 1.68 bits per heavy atom. The van der Waals surface area contributed by atoms with Gasteiger partial charge in [-0.15, -0.1) is 0 Å². The average molecular weight is 418 g/mol. The fourth-order valence-electron chi connectivity index (χ4n) is 2.54. The van der Waals surface area contributed by atoms with E-state index >= 15 is 0 Å². The number of anilines is 1. The van der Waals surface area contributed by atoms with Gasteiger partial charge in [0.1, 0.15) is 0 Å². The second-order valence-electron chi connectivity index (χ2n) is 5.44. The molecule has 1 atom stereocenters. The van der Waals surface area contributed by atoms with Crippen molar-refractivity contribution < 1.29 is 16.8 Å². The number of para-hydroxylation sites is 1. The minimum absolute atomic E-state index is 0.0662. The number of hydrogen-bond donors (Lipinski definition) is 0. The molecular weight excluding hydrogens is 405 g/mol. The number of rotatable bonds is 4. The van der Waals surface area contributed by atoms with Crippen LogP contribution in [0.25, 0.3) is 0 Å². The Labute approximate surface area is 156 Å². The van der Waals surface area contributed by atoms with Crippen LogP contribution >= 0.6 is 23.2 Å². The highest BCUT2D eigenvalue weighted by atomic mass is 35.5. The second-order valence-corrected chi connectivity index (χ2v) is 10.00. The van der Waals surface area contributed by atoms with Gasteiger partial charge < -0.3 is 0 Å². The maximum absolute atomic E-state index is 13.2. The highest BCUT2D eigenvalue weighted by Gasteiger charge is 2.36. The Morgan fingerprint density at radius 1 is 1.00 bits per heavy atom. The van der Waals surface area contributed by atoms with Crippen molar-refractivity contribution >= 4 is 48.7 Å². The van der Waals surface area contributed by atoms with Crippen molar-refractivity contribution in [2.75, 3.05) is 10.1 Å². The molecule has 0 radical (unpaired) electrons. The van der Waals surface area contributed by atoms with Crippen LogP contribution in [0.15, 0.2) is 64.9 Å². The molecule has 0 amide bonds. The number of nitrogens with zero attached hydrogens (tertiary/aromatic N) is 1. The van der Waals surface area contributed by atoms with Gasteiger partial charge in [0.15, 0.2) is 9.84 Å². The summed E-state index contributed by atoms with van der Waals surface area (Å²) in [5.74, 6) is -0.317. The van der Waals surface area contributed by atoms with Crippen molar-refractivity contribution in [3.05, 3.63) is 70.1 Å². The quantitative estimate of drug-likeness (QED) is 0.762. The average Bonchev–Trinajstić information content (AvgIpc) is 2.90. The molecule has 0 fully saturated rings. The van der Waals surface area contributed by atoms with Crippen LogP contribution in [-0.4, -0.2) is 28.6 Å². The molecule has 132 valence electrons. The monoisotopic (exact) mass is 417 g/mol.